The number of hydrogen-bond acceptors (Lipinski definition) is 22. The molecule has 0 bridgehead atoms. The smallest absolute Gasteiger partial charge is 0.322 e. The van der Waals surface area contributed by atoms with Crippen LogP contribution in [0, 0.1) is 11.3 Å². The number of nitrogens with zero attached hydrogens (tertiary/aromatic N) is 2. The van der Waals surface area contributed by atoms with Crippen LogP contribution >= 0.6 is 11.6 Å². The number of carbonyl (C=O) groups excluding carboxylic acids is 17. The number of nitrogens with one attached hydrogen (secondary N) is 17. The van der Waals surface area contributed by atoms with E-state index in [1.54, 1.807) is 56.3 Å². The molecule has 41 nitrogen and oxygen atoms in total. The van der Waals surface area contributed by atoms with E-state index in [-0.39, 0.29) is 100 Å². The molecular formula is C92H122ClN21O20. The Bertz CT molecular complexity index is 5100. The van der Waals surface area contributed by atoms with Crippen LogP contribution in [0.1, 0.15) is 128 Å². The molecule has 42 heteroatoms. The number of imide groups is 1. The molecule has 2 saturated heterocycles. The van der Waals surface area contributed by atoms with Gasteiger partial charge in [0.1, 0.15) is 72.6 Å². The first-order valence-corrected chi connectivity index (χ1v) is 44.6. The van der Waals surface area contributed by atoms with Crippen molar-refractivity contribution < 1.29 is 96.8 Å². The molecule has 8 rings (SSSR count). The zero-order chi connectivity index (χ0) is 97.9. The third kappa shape index (κ3) is 34.1. The van der Waals surface area contributed by atoms with Crippen molar-refractivity contribution in [1.29, 1.82) is 0 Å². The zero-order valence-corrected chi connectivity index (χ0v) is 76.5. The van der Waals surface area contributed by atoms with Gasteiger partial charge in [0.25, 0.3) is 0 Å². The van der Waals surface area contributed by atoms with Gasteiger partial charge in [0.15, 0.2) is 0 Å². The second-order valence-corrected chi connectivity index (χ2v) is 34.8. The van der Waals surface area contributed by atoms with Gasteiger partial charge in [-0.3, -0.25) is 77.4 Å². The average molecular weight is 1880 g/mol. The number of anilines is 2. The number of primary amides is 2. The number of pyridine rings is 1. The molecule has 20 amide bonds. The van der Waals surface area contributed by atoms with Gasteiger partial charge in [0.2, 0.25) is 82.7 Å². The van der Waals surface area contributed by atoms with Crippen molar-refractivity contribution in [3.63, 3.8) is 0 Å². The number of rotatable bonds is 50. The highest BCUT2D eigenvalue weighted by molar-refractivity contribution is 6.30. The summed E-state index contributed by atoms with van der Waals surface area (Å²) in [6.45, 7) is 10.6. The van der Waals surface area contributed by atoms with E-state index in [0.29, 0.717) is 53.1 Å². The highest BCUT2D eigenvalue weighted by Gasteiger charge is 2.42. The minimum Gasteiger partial charge on any atom is -0.396 e. The molecule has 0 saturated carbocycles. The molecule has 722 valence electrons. The van der Waals surface area contributed by atoms with Crippen molar-refractivity contribution in [2.75, 3.05) is 56.6 Å². The first kappa shape index (κ1) is 106. The molecule has 0 spiro atoms. The average Bonchev–Trinajstić information content (AvgIpc) is 1.59. The third-order valence-corrected chi connectivity index (χ3v) is 22.4. The van der Waals surface area contributed by atoms with Gasteiger partial charge in [0, 0.05) is 105 Å². The van der Waals surface area contributed by atoms with Gasteiger partial charge in [-0.2, -0.15) is 0 Å². The van der Waals surface area contributed by atoms with E-state index in [0.717, 1.165) is 10.8 Å². The lowest BCUT2D eigenvalue weighted by molar-refractivity contribution is -0.142. The summed E-state index contributed by atoms with van der Waals surface area (Å²) in [6.07, 6.45) is 0.714. The predicted octanol–water partition coefficient (Wildman–Crippen LogP) is -0.320. The highest BCUT2D eigenvalue weighted by atomic mass is 35.5. The maximum absolute atomic E-state index is 15.7. The SMILES string of the molecule is CC(C)C[C@H](NC(=O)[C@@H](Cc1ccc(NC(=O)NCCNC(=O)CCNC(=O)C(O)C(C)(C)CO)cc1)NC(=O)[C@H](Cc1ccc(NC(=O)C2CC(=O)NC(=O)N2)cc1)NC(=O)[C@H](CO)NC(=O)[C@@H](Cc1cccnc1)NC(=O)[C@@H](Cc1ccc(Cl)cc1)NC(=O)[C@@H](Cc1ccc2ccccc2c1)NC(N)=O)C(=O)N[C@@H](CCCCNC(C)C)C(=O)N1CCC[C@H]1C(=O)N[C@H](C)C(N)=O. The lowest BCUT2D eigenvalue weighted by Crippen LogP contribution is -2.62. The van der Waals surface area contributed by atoms with Crippen LogP contribution in [0.4, 0.5) is 25.8 Å². The maximum atomic E-state index is 15.7. The third-order valence-electron chi connectivity index (χ3n) is 22.2. The minimum atomic E-state index is -1.98. The lowest BCUT2D eigenvalue weighted by atomic mass is 9.87. The van der Waals surface area contributed by atoms with Crippen molar-refractivity contribution in [2.45, 2.75) is 211 Å². The first-order valence-electron chi connectivity index (χ1n) is 44.3. The van der Waals surface area contributed by atoms with E-state index in [9.17, 15) is 68.1 Å². The standard InChI is InChI=1S/C92H122ClN21O20/c1-51(2)40-65(79(122)104-64(17-10-11-35-97-52(3)4)88(131)114-39-13-18-73(114)86(129)101-53(5)77(94)120)105-80(123)67(43-56-24-31-63(32-25-56)103-90(133)100-38-37-98-74(117)33-36-99-87(130)76(119)92(6,7)50-116)106-82(125)68(44-55-22-29-62(30-23-55)102-78(121)71-47-75(118)113-91(134)112-71)109-85(128)72(49-115)110-83(126)69(46-58-14-12-34-96-48-58)108-81(124)66(42-54-20-27-61(93)28-21-54)107-84(127)70(111-89(95)132)45-57-19-26-59-15-8-9-16-60(59)41-57/h8-9,12,14-16,19-32,34,41,48,51-53,64-73,76,97,115-116,119H,10-11,13,17-18,33,35-40,42-47,49-50H2,1-7H3,(H2,94,120)(H,98,117)(H,99,130)(H,101,129)(H,102,121)(H,104,122)(H,105,123)(H,106,125)(H,107,127)(H,108,124)(H,109,128)(H,110,126)(H3,95,111,132)(H2,100,103,133)(H2,112,113,118,134)/t53-,64+,65+,66-,67-,68+,69-,70-,71?,72+,73+,76?/m1/s1. The van der Waals surface area contributed by atoms with Crippen LogP contribution < -0.4 is 102 Å². The maximum Gasteiger partial charge on any atom is 0.322 e. The largest absolute Gasteiger partial charge is 0.396 e. The van der Waals surface area contributed by atoms with E-state index in [1.807, 2.05) is 55.6 Å². The highest BCUT2D eigenvalue weighted by Crippen LogP contribution is 2.25. The van der Waals surface area contributed by atoms with Crippen LogP contribution in [0.15, 0.2) is 140 Å². The zero-order valence-electron chi connectivity index (χ0n) is 75.7. The number of unbranched alkanes of at least 4 members (excludes halogenated alkanes) is 1. The number of halogens is 1. The fourth-order valence-electron chi connectivity index (χ4n) is 14.6. The fourth-order valence-corrected chi connectivity index (χ4v) is 14.8. The quantitative estimate of drug-likeness (QED) is 0.0218. The Hall–Kier alpha value is -13.8. The fraction of sp³-hybridized carbons (Fsp3) is 0.457. The van der Waals surface area contributed by atoms with Crippen molar-refractivity contribution in [3.05, 3.63) is 173 Å². The number of carbonyl (C=O) groups is 17. The number of urea groups is 3. The summed E-state index contributed by atoms with van der Waals surface area (Å²) in [5.41, 5.74) is 12.3. The van der Waals surface area contributed by atoms with E-state index >= 15 is 28.8 Å². The Kier molecular flexibility index (Phi) is 40.9. The van der Waals surface area contributed by atoms with Crippen molar-refractivity contribution in [3.8, 4) is 0 Å². The number of aliphatic hydroxyl groups excluding tert-OH is 3. The van der Waals surface area contributed by atoms with Gasteiger partial charge < -0.3 is 117 Å². The van der Waals surface area contributed by atoms with Crippen LogP contribution in [-0.2, 0) is 99.2 Å². The summed E-state index contributed by atoms with van der Waals surface area (Å²) in [7, 11) is 0. The Morgan fingerprint density at radius 2 is 1.04 bits per heavy atom. The molecule has 2 unspecified atom stereocenters. The Balaban J connectivity index is 1.10. The number of fused-ring (bicyclic) bond motifs is 1. The van der Waals surface area contributed by atoms with Crippen LogP contribution in [0.25, 0.3) is 10.8 Å². The number of amides is 20. The van der Waals surface area contributed by atoms with E-state index in [4.69, 9.17) is 23.1 Å². The number of aromatic nitrogens is 1. The number of likely N-dealkylation sites (tertiary alicyclic amines) is 1. The molecule has 0 aliphatic carbocycles. The summed E-state index contributed by atoms with van der Waals surface area (Å²) < 4.78 is 0. The van der Waals surface area contributed by atoms with E-state index in [1.165, 1.54) is 86.6 Å². The topological polar surface area (TPSA) is 624 Å². The summed E-state index contributed by atoms with van der Waals surface area (Å²) in [5, 5.41) is 77.7. The summed E-state index contributed by atoms with van der Waals surface area (Å²) >= 11 is 6.28. The molecule has 3 heterocycles. The molecule has 2 aliphatic rings. The molecule has 5 aromatic carbocycles. The van der Waals surface area contributed by atoms with Gasteiger partial charge >= 0.3 is 18.1 Å². The molecule has 134 heavy (non-hydrogen) atoms. The molecule has 24 N–H and O–H groups in total. The first-order chi connectivity index (χ1) is 63.7. The second kappa shape index (κ2) is 51.9. The van der Waals surface area contributed by atoms with Crippen LogP contribution in [-0.4, -0.2) is 251 Å². The van der Waals surface area contributed by atoms with Gasteiger partial charge in [0.05, 0.1) is 19.6 Å². The van der Waals surface area contributed by atoms with Crippen molar-refractivity contribution in [1.82, 2.24) is 89.6 Å². The Morgan fingerprint density at radius 3 is 1.57 bits per heavy atom. The Labute approximate surface area is 779 Å². The molecule has 1 aromatic heterocycles. The van der Waals surface area contributed by atoms with Crippen LogP contribution in [0.2, 0.25) is 5.02 Å². The summed E-state index contributed by atoms with van der Waals surface area (Å²) in [4.78, 5) is 241. The normalized spacial score (nSPS) is 15.8. The van der Waals surface area contributed by atoms with Gasteiger partial charge in [-0.05, 0) is 139 Å². The van der Waals surface area contributed by atoms with Crippen molar-refractivity contribution in [2.24, 2.45) is 22.8 Å². The Morgan fingerprint density at radius 1 is 0.530 bits per heavy atom. The molecule has 0 radical (unpaired) electrons. The molecule has 12 atom stereocenters. The number of nitrogens with two attached hydrogens (primary N) is 2. The second-order valence-electron chi connectivity index (χ2n) is 34.4. The number of aliphatic hydroxyl groups is 3. The van der Waals surface area contributed by atoms with Crippen LogP contribution in [0.3, 0.4) is 0 Å². The molecule has 6 aromatic rings. The predicted molar refractivity (Wildman–Crippen MR) is 494 cm³/mol. The summed E-state index contributed by atoms with van der Waals surface area (Å²) in [5.74, 6) is -12.3. The van der Waals surface area contributed by atoms with Crippen molar-refractivity contribution >= 4 is 135 Å². The van der Waals surface area contributed by atoms with Gasteiger partial charge in [-0.25, -0.2) is 14.4 Å². The van der Waals surface area contributed by atoms with Crippen LogP contribution in [0.5, 0.6) is 0 Å². The van der Waals surface area contributed by atoms with Gasteiger partial charge in [-0.1, -0.05) is 138 Å². The summed E-state index contributed by atoms with van der Waals surface area (Å²) in [6, 6.07) is 15.1. The minimum absolute atomic E-state index is 0.0463. The van der Waals surface area contributed by atoms with Gasteiger partial charge in [-0.15, -0.1) is 0 Å². The van der Waals surface area contributed by atoms with E-state index in [2.05, 4.69) is 90.1 Å². The lowest BCUT2D eigenvalue weighted by Gasteiger charge is -2.31. The molecular weight excluding hydrogens is 1750 g/mol. The molecule has 2 aliphatic heterocycles. The monoisotopic (exact) mass is 1880 g/mol. The number of hydrogen-bond donors (Lipinski definition) is 22. The van der Waals surface area contributed by atoms with E-state index < -0.39 is 211 Å². The molecule has 2 fully saturated rings. The number of benzene rings is 5.